The maximum atomic E-state index is 12.3. The van der Waals surface area contributed by atoms with Crippen molar-refractivity contribution in [2.75, 3.05) is 18.1 Å². The van der Waals surface area contributed by atoms with Crippen molar-refractivity contribution in [3.05, 3.63) is 59.6 Å². The van der Waals surface area contributed by atoms with Crippen LogP contribution in [0.15, 0.2) is 46.9 Å². The second-order valence-electron chi connectivity index (χ2n) is 5.67. The predicted octanol–water partition coefficient (Wildman–Crippen LogP) is 3.12. The molecule has 1 aliphatic rings. The van der Waals surface area contributed by atoms with E-state index in [0.717, 1.165) is 29.9 Å². The summed E-state index contributed by atoms with van der Waals surface area (Å²) in [6.07, 6.45) is 4.66. The third-order valence-electron chi connectivity index (χ3n) is 3.89. The second-order valence-corrected chi connectivity index (χ2v) is 5.67. The highest BCUT2D eigenvalue weighted by Gasteiger charge is 2.22. The van der Waals surface area contributed by atoms with E-state index in [1.807, 2.05) is 37.3 Å². The number of amides is 1. The number of benzene rings is 1. The number of hydrogen-bond acceptors (Lipinski definition) is 4. The Morgan fingerprint density at radius 2 is 2.08 bits per heavy atom. The molecular weight excluding hydrogens is 306 g/mol. The summed E-state index contributed by atoms with van der Waals surface area (Å²) in [7, 11) is 0. The number of carbonyl (C=O) groups excluding carboxylic acids is 2. The number of hydrogen-bond donors (Lipinski definition) is 0. The summed E-state index contributed by atoms with van der Waals surface area (Å²) < 4.78 is 10.4. The number of rotatable bonds is 4. The van der Waals surface area contributed by atoms with Crippen molar-refractivity contribution >= 4 is 23.6 Å². The molecule has 5 nitrogen and oxygen atoms in total. The first kappa shape index (κ1) is 16.1. The van der Waals surface area contributed by atoms with Crippen LogP contribution in [-0.2, 0) is 20.7 Å². The molecule has 1 aromatic heterocycles. The van der Waals surface area contributed by atoms with Crippen molar-refractivity contribution in [3.63, 3.8) is 0 Å². The molecule has 0 saturated heterocycles. The highest BCUT2D eigenvalue weighted by atomic mass is 16.5. The van der Waals surface area contributed by atoms with E-state index in [0.29, 0.717) is 12.3 Å². The summed E-state index contributed by atoms with van der Waals surface area (Å²) >= 11 is 0. The van der Waals surface area contributed by atoms with E-state index < -0.39 is 5.97 Å². The van der Waals surface area contributed by atoms with Gasteiger partial charge in [-0.05, 0) is 49.6 Å². The molecule has 0 unspecified atom stereocenters. The minimum atomic E-state index is -0.567. The molecule has 124 valence electrons. The molecule has 0 spiro atoms. The van der Waals surface area contributed by atoms with Crippen LogP contribution in [0.2, 0.25) is 0 Å². The number of para-hydroxylation sites is 1. The van der Waals surface area contributed by atoms with Crippen molar-refractivity contribution in [2.24, 2.45) is 0 Å². The average molecular weight is 325 g/mol. The van der Waals surface area contributed by atoms with Crippen molar-refractivity contribution < 1.29 is 18.7 Å². The lowest BCUT2D eigenvalue weighted by molar-refractivity contribution is -0.142. The van der Waals surface area contributed by atoms with Crippen LogP contribution in [0.5, 0.6) is 0 Å². The Labute approximate surface area is 140 Å². The molecule has 0 bridgehead atoms. The SMILES string of the molecule is Cc1ccc(C=CC(=O)OCC(=O)N2CCCc3ccccc32)o1. The van der Waals surface area contributed by atoms with E-state index in [9.17, 15) is 9.59 Å². The zero-order chi connectivity index (χ0) is 16.9. The first-order valence-corrected chi connectivity index (χ1v) is 7.93. The lowest BCUT2D eigenvalue weighted by Gasteiger charge is -2.29. The summed E-state index contributed by atoms with van der Waals surface area (Å²) in [5.41, 5.74) is 2.06. The van der Waals surface area contributed by atoms with Crippen molar-refractivity contribution in [1.29, 1.82) is 0 Å². The molecule has 0 atom stereocenters. The lowest BCUT2D eigenvalue weighted by Crippen LogP contribution is -2.38. The zero-order valence-corrected chi connectivity index (χ0v) is 13.5. The number of furan rings is 1. The molecule has 1 amide bonds. The second kappa shape index (κ2) is 7.17. The molecule has 0 aliphatic carbocycles. The van der Waals surface area contributed by atoms with Gasteiger partial charge in [0.05, 0.1) is 0 Å². The summed E-state index contributed by atoms with van der Waals surface area (Å²) in [5, 5.41) is 0. The Morgan fingerprint density at radius 1 is 1.25 bits per heavy atom. The molecule has 2 aromatic rings. The van der Waals surface area contributed by atoms with Crippen molar-refractivity contribution in [1.82, 2.24) is 0 Å². The van der Waals surface area contributed by atoms with Crippen LogP contribution in [0, 0.1) is 6.92 Å². The smallest absolute Gasteiger partial charge is 0.331 e. The number of fused-ring (bicyclic) bond motifs is 1. The largest absolute Gasteiger partial charge is 0.462 e. The highest BCUT2D eigenvalue weighted by Crippen LogP contribution is 2.26. The van der Waals surface area contributed by atoms with Gasteiger partial charge in [-0.15, -0.1) is 0 Å². The number of anilines is 1. The van der Waals surface area contributed by atoms with Crippen molar-refractivity contribution in [3.8, 4) is 0 Å². The molecule has 0 N–H and O–H groups in total. The van der Waals surface area contributed by atoms with Gasteiger partial charge in [-0.3, -0.25) is 4.79 Å². The van der Waals surface area contributed by atoms with Crippen LogP contribution in [0.3, 0.4) is 0 Å². The summed E-state index contributed by atoms with van der Waals surface area (Å²) in [6, 6.07) is 11.4. The standard InChI is InChI=1S/C19H19NO4/c1-14-8-9-16(24-14)10-11-19(22)23-13-18(21)20-12-4-6-15-5-2-3-7-17(15)20/h2-3,5,7-11H,4,6,12-13H2,1H3. The number of nitrogens with zero attached hydrogens (tertiary/aromatic N) is 1. The fourth-order valence-corrected chi connectivity index (χ4v) is 2.74. The van der Waals surface area contributed by atoms with Crippen LogP contribution in [-0.4, -0.2) is 25.0 Å². The van der Waals surface area contributed by atoms with Gasteiger partial charge in [0.25, 0.3) is 5.91 Å². The third kappa shape index (κ3) is 3.74. The molecule has 2 heterocycles. The molecule has 0 radical (unpaired) electrons. The third-order valence-corrected chi connectivity index (χ3v) is 3.89. The van der Waals surface area contributed by atoms with Gasteiger partial charge in [0, 0.05) is 18.3 Å². The normalized spacial score (nSPS) is 13.8. The van der Waals surface area contributed by atoms with Gasteiger partial charge in [0.1, 0.15) is 11.5 Å². The number of carbonyl (C=O) groups is 2. The molecule has 1 aromatic carbocycles. The number of esters is 1. The van der Waals surface area contributed by atoms with E-state index in [2.05, 4.69) is 0 Å². The first-order chi connectivity index (χ1) is 11.6. The van der Waals surface area contributed by atoms with Gasteiger partial charge < -0.3 is 14.1 Å². The minimum absolute atomic E-state index is 0.210. The monoisotopic (exact) mass is 325 g/mol. The Hall–Kier alpha value is -2.82. The fourth-order valence-electron chi connectivity index (χ4n) is 2.74. The molecule has 0 saturated carbocycles. The van der Waals surface area contributed by atoms with E-state index >= 15 is 0 Å². The molecule has 1 aliphatic heterocycles. The van der Waals surface area contributed by atoms with Crippen LogP contribution in [0.4, 0.5) is 5.69 Å². The van der Waals surface area contributed by atoms with Crippen LogP contribution < -0.4 is 4.90 Å². The zero-order valence-electron chi connectivity index (χ0n) is 13.5. The predicted molar refractivity (Wildman–Crippen MR) is 90.6 cm³/mol. The molecule has 5 heteroatoms. The molecule has 24 heavy (non-hydrogen) atoms. The van der Waals surface area contributed by atoms with Crippen LogP contribution in [0.25, 0.3) is 6.08 Å². The molecular formula is C19H19NO4. The summed E-state index contributed by atoms with van der Waals surface area (Å²) in [6.45, 7) is 2.20. The lowest BCUT2D eigenvalue weighted by atomic mass is 10.0. The topological polar surface area (TPSA) is 59.8 Å². The maximum Gasteiger partial charge on any atom is 0.331 e. The Morgan fingerprint density at radius 3 is 2.88 bits per heavy atom. The highest BCUT2D eigenvalue weighted by molar-refractivity contribution is 5.97. The van der Waals surface area contributed by atoms with Gasteiger partial charge in [0.2, 0.25) is 0 Å². The molecule has 0 fully saturated rings. The van der Waals surface area contributed by atoms with E-state index in [1.54, 1.807) is 11.0 Å². The van der Waals surface area contributed by atoms with Gasteiger partial charge in [-0.25, -0.2) is 4.79 Å². The summed E-state index contributed by atoms with van der Waals surface area (Å²) in [5.74, 6) is 0.558. The molecule has 3 rings (SSSR count). The number of ether oxygens (including phenoxy) is 1. The minimum Gasteiger partial charge on any atom is -0.462 e. The van der Waals surface area contributed by atoms with E-state index in [4.69, 9.17) is 9.15 Å². The Balaban J connectivity index is 1.56. The summed E-state index contributed by atoms with van der Waals surface area (Å²) in [4.78, 5) is 25.8. The van der Waals surface area contributed by atoms with E-state index in [-0.39, 0.29) is 12.5 Å². The maximum absolute atomic E-state index is 12.3. The van der Waals surface area contributed by atoms with Gasteiger partial charge in [0.15, 0.2) is 6.61 Å². The Bertz CT molecular complexity index is 775. The van der Waals surface area contributed by atoms with Gasteiger partial charge in [-0.2, -0.15) is 0 Å². The van der Waals surface area contributed by atoms with Gasteiger partial charge >= 0.3 is 5.97 Å². The quantitative estimate of drug-likeness (QED) is 0.640. The van der Waals surface area contributed by atoms with Crippen molar-refractivity contribution in [2.45, 2.75) is 19.8 Å². The van der Waals surface area contributed by atoms with Crippen LogP contribution in [0.1, 0.15) is 23.5 Å². The fraction of sp³-hybridized carbons (Fsp3) is 0.263. The average Bonchev–Trinajstić information content (AvgIpc) is 3.02. The number of aryl methyl sites for hydroxylation is 2. The van der Waals surface area contributed by atoms with Crippen LogP contribution >= 0.6 is 0 Å². The Kier molecular flexibility index (Phi) is 4.79. The van der Waals surface area contributed by atoms with Gasteiger partial charge in [-0.1, -0.05) is 18.2 Å². The first-order valence-electron chi connectivity index (χ1n) is 7.93. The van der Waals surface area contributed by atoms with E-state index in [1.165, 1.54) is 12.2 Å².